The SMILES string of the molecule is CCCCCCCCCCCC/C=C/[C@@H]1OC(c2ccccc2)=N[C@@H](CO)[C@H]1O. The van der Waals surface area contributed by atoms with Crippen LogP contribution in [0.15, 0.2) is 47.5 Å². The highest BCUT2D eigenvalue weighted by atomic mass is 16.5. The summed E-state index contributed by atoms with van der Waals surface area (Å²) in [5, 5.41) is 20.0. The van der Waals surface area contributed by atoms with Crippen molar-refractivity contribution in [2.75, 3.05) is 6.61 Å². The fourth-order valence-electron chi connectivity index (χ4n) is 3.68. The Hall–Kier alpha value is -1.65. The molecule has 0 aromatic heterocycles. The smallest absolute Gasteiger partial charge is 0.217 e. The Balaban J connectivity index is 1.67. The number of ether oxygens (including phenoxy) is 1. The van der Waals surface area contributed by atoms with Gasteiger partial charge in [-0.05, 0) is 31.1 Å². The quantitative estimate of drug-likeness (QED) is 0.323. The van der Waals surface area contributed by atoms with Crippen LogP contribution in [0.1, 0.15) is 83.1 Å². The number of hydrogen-bond donors (Lipinski definition) is 2. The number of hydrogen-bond acceptors (Lipinski definition) is 4. The summed E-state index contributed by atoms with van der Waals surface area (Å²) in [5.41, 5.74) is 0.867. The molecule has 0 fully saturated rings. The molecule has 0 aliphatic carbocycles. The summed E-state index contributed by atoms with van der Waals surface area (Å²) in [6.45, 7) is 2.07. The van der Waals surface area contributed by atoms with Crippen LogP contribution in [0.4, 0.5) is 0 Å². The average molecular weight is 402 g/mol. The second kappa shape index (κ2) is 14.4. The highest BCUT2D eigenvalue weighted by molar-refractivity contribution is 5.94. The molecule has 162 valence electrons. The lowest BCUT2D eigenvalue weighted by Gasteiger charge is -2.31. The predicted octanol–water partition coefficient (Wildman–Crippen LogP) is 5.42. The topological polar surface area (TPSA) is 62.0 Å². The van der Waals surface area contributed by atoms with E-state index in [0.717, 1.165) is 18.4 Å². The fraction of sp³-hybridized carbons (Fsp3) is 0.640. The minimum atomic E-state index is -0.823. The first-order chi connectivity index (χ1) is 14.3. The number of aliphatic imine (C=N–C) groups is 1. The molecule has 2 rings (SSSR count). The molecule has 4 heteroatoms. The van der Waals surface area contributed by atoms with Crippen molar-refractivity contribution < 1.29 is 14.9 Å². The number of rotatable bonds is 14. The second-order valence-corrected chi connectivity index (χ2v) is 8.02. The molecule has 1 aliphatic heterocycles. The maximum atomic E-state index is 10.4. The molecule has 0 saturated carbocycles. The molecule has 0 saturated heterocycles. The van der Waals surface area contributed by atoms with Gasteiger partial charge in [0.2, 0.25) is 5.90 Å². The Morgan fingerprint density at radius 3 is 2.17 bits per heavy atom. The van der Waals surface area contributed by atoms with E-state index in [-0.39, 0.29) is 6.61 Å². The van der Waals surface area contributed by atoms with E-state index in [1.54, 1.807) is 0 Å². The van der Waals surface area contributed by atoms with Gasteiger partial charge in [0.25, 0.3) is 0 Å². The largest absolute Gasteiger partial charge is 0.467 e. The molecule has 1 aromatic rings. The van der Waals surface area contributed by atoms with Gasteiger partial charge in [-0.25, -0.2) is 4.99 Å². The van der Waals surface area contributed by atoms with Gasteiger partial charge in [0.1, 0.15) is 18.2 Å². The summed E-state index contributed by atoms with van der Waals surface area (Å²) >= 11 is 0. The molecule has 4 nitrogen and oxygen atoms in total. The number of benzene rings is 1. The second-order valence-electron chi connectivity index (χ2n) is 8.02. The van der Waals surface area contributed by atoms with E-state index in [0.29, 0.717) is 5.90 Å². The number of nitrogens with zero attached hydrogens (tertiary/aromatic N) is 1. The Kier molecular flexibility index (Phi) is 11.7. The van der Waals surface area contributed by atoms with Crippen LogP contribution in [0.2, 0.25) is 0 Å². The maximum Gasteiger partial charge on any atom is 0.217 e. The first-order valence-electron chi connectivity index (χ1n) is 11.5. The van der Waals surface area contributed by atoms with Gasteiger partial charge in [-0.3, -0.25) is 0 Å². The van der Waals surface area contributed by atoms with Crippen molar-refractivity contribution >= 4 is 5.90 Å². The van der Waals surface area contributed by atoms with Gasteiger partial charge >= 0.3 is 0 Å². The van der Waals surface area contributed by atoms with E-state index in [4.69, 9.17) is 4.74 Å². The third-order valence-corrected chi connectivity index (χ3v) is 5.52. The molecule has 1 aromatic carbocycles. The van der Waals surface area contributed by atoms with Crippen LogP contribution in [0, 0.1) is 0 Å². The standard InChI is InChI=1S/C25H39NO3/c1-2-3-4-5-6-7-8-9-10-11-12-16-19-23-24(28)22(20-27)26-25(29-23)21-17-14-13-15-18-21/h13-19,22-24,27-28H,2-12,20H2,1H3/b19-16+/t22-,23-,24+/m0/s1. The zero-order valence-electron chi connectivity index (χ0n) is 18.0. The average Bonchev–Trinajstić information content (AvgIpc) is 2.76. The minimum absolute atomic E-state index is 0.191. The van der Waals surface area contributed by atoms with Crippen molar-refractivity contribution in [2.24, 2.45) is 4.99 Å². The first-order valence-corrected chi connectivity index (χ1v) is 11.5. The Labute approximate surface area is 176 Å². The molecule has 2 N–H and O–H groups in total. The molecule has 1 heterocycles. The van der Waals surface area contributed by atoms with E-state index in [1.165, 1.54) is 57.8 Å². The van der Waals surface area contributed by atoms with Crippen molar-refractivity contribution in [1.82, 2.24) is 0 Å². The molecule has 29 heavy (non-hydrogen) atoms. The van der Waals surface area contributed by atoms with Crippen molar-refractivity contribution in [3.8, 4) is 0 Å². The van der Waals surface area contributed by atoms with E-state index in [1.807, 2.05) is 36.4 Å². The van der Waals surface area contributed by atoms with Crippen LogP contribution in [0.3, 0.4) is 0 Å². The molecule has 0 radical (unpaired) electrons. The van der Waals surface area contributed by atoms with Crippen molar-refractivity contribution in [3.63, 3.8) is 0 Å². The molecule has 0 unspecified atom stereocenters. The number of aliphatic hydroxyl groups is 2. The fourth-order valence-corrected chi connectivity index (χ4v) is 3.68. The molecule has 0 bridgehead atoms. The summed E-state index contributed by atoms with van der Waals surface area (Å²) in [7, 11) is 0. The van der Waals surface area contributed by atoms with Gasteiger partial charge in [0.15, 0.2) is 0 Å². The molecule has 3 atom stereocenters. The van der Waals surface area contributed by atoms with Crippen LogP contribution < -0.4 is 0 Å². The van der Waals surface area contributed by atoms with Crippen LogP contribution in [-0.2, 0) is 4.74 Å². The Morgan fingerprint density at radius 1 is 0.931 bits per heavy atom. The normalized spacial score (nSPS) is 21.9. The van der Waals surface area contributed by atoms with E-state index < -0.39 is 18.2 Å². The summed E-state index contributed by atoms with van der Waals surface area (Å²) in [5.74, 6) is 0.489. The Bertz CT molecular complexity index is 599. The van der Waals surface area contributed by atoms with Gasteiger partial charge in [-0.2, -0.15) is 0 Å². The lowest BCUT2D eigenvalue weighted by molar-refractivity contribution is 0.00959. The van der Waals surface area contributed by atoms with Gasteiger partial charge < -0.3 is 14.9 Å². The van der Waals surface area contributed by atoms with Crippen molar-refractivity contribution in [1.29, 1.82) is 0 Å². The minimum Gasteiger partial charge on any atom is -0.467 e. The van der Waals surface area contributed by atoms with E-state index in [9.17, 15) is 10.2 Å². The van der Waals surface area contributed by atoms with Crippen molar-refractivity contribution in [2.45, 2.75) is 95.8 Å². The van der Waals surface area contributed by atoms with Crippen LogP contribution in [0.5, 0.6) is 0 Å². The molecular formula is C25H39NO3. The summed E-state index contributed by atoms with van der Waals surface area (Å²) < 4.78 is 5.92. The van der Waals surface area contributed by atoms with Crippen LogP contribution in [0.25, 0.3) is 0 Å². The lowest BCUT2D eigenvalue weighted by atomic mass is 10.0. The van der Waals surface area contributed by atoms with Gasteiger partial charge in [0.05, 0.1) is 6.61 Å². The highest BCUT2D eigenvalue weighted by Crippen LogP contribution is 2.20. The van der Waals surface area contributed by atoms with Crippen LogP contribution in [-0.4, -0.2) is 41.0 Å². The number of aliphatic hydroxyl groups excluding tert-OH is 2. The monoisotopic (exact) mass is 401 g/mol. The number of unbranched alkanes of at least 4 members (excludes halogenated alkanes) is 10. The lowest BCUT2D eigenvalue weighted by Crippen LogP contribution is -2.45. The highest BCUT2D eigenvalue weighted by Gasteiger charge is 2.33. The molecule has 0 spiro atoms. The zero-order valence-corrected chi connectivity index (χ0v) is 18.0. The number of allylic oxidation sites excluding steroid dienone is 1. The third kappa shape index (κ3) is 8.71. The van der Waals surface area contributed by atoms with Crippen LogP contribution >= 0.6 is 0 Å². The summed E-state index contributed by atoms with van der Waals surface area (Å²) in [4.78, 5) is 4.37. The van der Waals surface area contributed by atoms with Crippen molar-refractivity contribution in [3.05, 3.63) is 48.0 Å². The van der Waals surface area contributed by atoms with E-state index in [2.05, 4.69) is 18.0 Å². The van der Waals surface area contributed by atoms with Gasteiger partial charge in [-0.1, -0.05) is 89.0 Å². The maximum absolute atomic E-state index is 10.4. The summed E-state index contributed by atoms with van der Waals surface area (Å²) in [6, 6.07) is 9.10. The Morgan fingerprint density at radius 2 is 1.55 bits per heavy atom. The molecule has 0 amide bonds. The summed E-state index contributed by atoms with van der Waals surface area (Å²) in [6.07, 6.45) is 17.0. The zero-order chi connectivity index (χ0) is 20.7. The first kappa shape index (κ1) is 23.6. The predicted molar refractivity (Wildman–Crippen MR) is 120 cm³/mol. The third-order valence-electron chi connectivity index (χ3n) is 5.52. The van der Waals surface area contributed by atoms with Gasteiger partial charge in [-0.15, -0.1) is 0 Å². The molecular weight excluding hydrogens is 362 g/mol. The van der Waals surface area contributed by atoms with Gasteiger partial charge in [0, 0.05) is 5.56 Å². The van der Waals surface area contributed by atoms with E-state index >= 15 is 0 Å². The molecule has 1 aliphatic rings.